The van der Waals surface area contributed by atoms with E-state index < -0.39 is 19.3 Å². The molecule has 1 heterocycles. The van der Waals surface area contributed by atoms with E-state index in [-0.39, 0.29) is 6.61 Å². The lowest BCUT2D eigenvalue weighted by atomic mass is 9.80. The van der Waals surface area contributed by atoms with Crippen LogP contribution < -0.4 is 10.8 Å². The van der Waals surface area contributed by atoms with E-state index in [2.05, 4.69) is 16.9 Å². The molecule has 1 amide bonds. The first kappa shape index (κ1) is 17.7. The Bertz CT molecular complexity index is 679. The van der Waals surface area contributed by atoms with Crippen LogP contribution in [0.5, 0.6) is 0 Å². The zero-order chi connectivity index (χ0) is 17.4. The van der Waals surface area contributed by atoms with Crippen LogP contribution in [0.25, 0.3) is 0 Å². The maximum Gasteiger partial charge on any atom is 0.488 e. The largest absolute Gasteiger partial charge is 0.488 e. The Balaban J connectivity index is 2.01. The summed E-state index contributed by atoms with van der Waals surface area (Å²) in [5.41, 5.74) is 1.68. The van der Waals surface area contributed by atoms with E-state index in [0.29, 0.717) is 17.6 Å². The highest BCUT2D eigenvalue weighted by Gasteiger charge is 2.18. The number of pyridine rings is 1. The topological polar surface area (TPSA) is 91.7 Å². The first-order chi connectivity index (χ1) is 11.6. The smallest absolute Gasteiger partial charge is 0.445 e. The van der Waals surface area contributed by atoms with Gasteiger partial charge in [0.15, 0.2) is 0 Å². The summed E-state index contributed by atoms with van der Waals surface area (Å²) in [6.45, 7) is 3.83. The molecular formula is C17H19BN2O4. The number of rotatable bonds is 7. The summed E-state index contributed by atoms with van der Waals surface area (Å²) in [5.74, 6) is 0. The Morgan fingerprint density at radius 1 is 1.33 bits per heavy atom. The molecule has 0 saturated heterocycles. The van der Waals surface area contributed by atoms with E-state index in [1.807, 2.05) is 30.3 Å². The zero-order valence-corrected chi connectivity index (χ0v) is 13.1. The molecule has 0 aliphatic carbocycles. The molecule has 0 spiro atoms. The van der Waals surface area contributed by atoms with Gasteiger partial charge in [-0.1, -0.05) is 36.4 Å². The van der Waals surface area contributed by atoms with E-state index in [9.17, 15) is 14.8 Å². The lowest BCUT2D eigenvalue weighted by Gasteiger charge is -2.17. The molecule has 0 unspecified atom stereocenters. The average Bonchev–Trinajstić information content (AvgIpc) is 2.60. The summed E-state index contributed by atoms with van der Waals surface area (Å²) in [6, 6.07) is 11.9. The van der Waals surface area contributed by atoms with Gasteiger partial charge in [0.05, 0.1) is 11.7 Å². The van der Waals surface area contributed by atoms with Crippen LogP contribution >= 0.6 is 0 Å². The third-order valence-electron chi connectivity index (χ3n) is 3.37. The van der Waals surface area contributed by atoms with Gasteiger partial charge < -0.3 is 20.1 Å². The van der Waals surface area contributed by atoms with Crippen molar-refractivity contribution >= 4 is 18.7 Å². The monoisotopic (exact) mass is 326 g/mol. The third kappa shape index (κ3) is 5.22. The Hall–Kier alpha value is -2.64. The number of carbonyl (C=O) groups excluding carboxylic acids is 1. The summed E-state index contributed by atoms with van der Waals surface area (Å²) >= 11 is 0. The summed E-state index contributed by atoms with van der Waals surface area (Å²) < 4.78 is 5.19. The number of carbonyl (C=O) groups is 1. The van der Waals surface area contributed by atoms with Gasteiger partial charge in [-0.2, -0.15) is 0 Å². The van der Waals surface area contributed by atoms with Gasteiger partial charge in [0, 0.05) is 6.20 Å². The second-order valence-electron chi connectivity index (χ2n) is 5.17. The van der Waals surface area contributed by atoms with Crippen molar-refractivity contribution in [1.29, 1.82) is 0 Å². The van der Waals surface area contributed by atoms with Gasteiger partial charge in [-0.3, -0.25) is 4.98 Å². The molecule has 0 saturated carbocycles. The van der Waals surface area contributed by atoms with Crippen LogP contribution in [0.15, 0.2) is 61.3 Å². The van der Waals surface area contributed by atoms with Crippen molar-refractivity contribution in [3.05, 3.63) is 72.6 Å². The van der Waals surface area contributed by atoms with Gasteiger partial charge in [-0.05, 0) is 29.6 Å². The molecule has 124 valence electrons. The second kappa shape index (κ2) is 8.86. The van der Waals surface area contributed by atoms with Crippen LogP contribution in [0, 0.1) is 0 Å². The maximum absolute atomic E-state index is 12.0. The fourth-order valence-electron chi connectivity index (χ4n) is 2.14. The number of aromatic nitrogens is 1. The predicted octanol–water partition coefficient (Wildman–Crippen LogP) is 1.30. The lowest BCUT2D eigenvalue weighted by molar-refractivity contribution is 0.135. The van der Waals surface area contributed by atoms with Crippen molar-refractivity contribution < 1.29 is 19.6 Å². The Kier molecular flexibility index (Phi) is 6.54. The predicted molar refractivity (Wildman–Crippen MR) is 91.4 cm³/mol. The van der Waals surface area contributed by atoms with Gasteiger partial charge in [-0.15, -0.1) is 6.58 Å². The van der Waals surface area contributed by atoms with E-state index in [1.54, 1.807) is 6.08 Å². The summed E-state index contributed by atoms with van der Waals surface area (Å²) in [5, 5.41) is 21.2. The van der Waals surface area contributed by atoms with Crippen LogP contribution in [0.1, 0.15) is 23.7 Å². The molecule has 3 N–H and O–H groups in total. The molecule has 1 aromatic heterocycles. The second-order valence-corrected chi connectivity index (χ2v) is 5.17. The normalized spacial score (nSPS) is 11.4. The summed E-state index contributed by atoms with van der Waals surface area (Å²) in [6.07, 6.45) is 2.95. The minimum Gasteiger partial charge on any atom is -0.445 e. The van der Waals surface area contributed by atoms with Gasteiger partial charge in [0.25, 0.3) is 0 Å². The molecule has 6 nitrogen and oxygen atoms in total. The molecule has 0 aliphatic rings. The lowest BCUT2D eigenvalue weighted by Crippen LogP contribution is -2.33. The van der Waals surface area contributed by atoms with E-state index in [0.717, 1.165) is 5.56 Å². The van der Waals surface area contributed by atoms with Crippen molar-refractivity contribution in [1.82, 2.24) is 10.3 Å². The number of hydrogen-bond donors (Lipinski definition) is 3. The van der Waals surface area contributed by atoms with E-state index in [4.69, 9.17) is 4.74 Å². The third-order valence-corrected chi connectivity index (χ3v) is 3.37. The summed E-state index contributed by atoms with van der Waals surface area (Å²) in [7, 11) is -1.60. The molecule has 24 heavy (non-hydrogen) atoms. The number of hydrogen-bond acceptors (Lipinski definition) is 5. The van der Waals surface area contributed by atoms with Gasteiger partial charge >= 0.3 is 13.2 Å². The number of ether oxygens (including phenoxy) is 1. The Morgan fingerprint density at radius 3 is 2.75 bits per heavy atom. The minimum atomic E-state index is -1.60. The fraction of sp³-hybridized carbons (Fsp3) is 0.176. The van der Waals surface area contributed by atoms with Crippen molar-refractivity contribution in [2.45, 2.75) is 19.1 Å². The number of nitrogens with zero attached hydrogens (tertiary/aromatic N) is 1. The SMILES string of the molecule is C=CC[C@H](NC(=O)OCc1ccccc1)c1cc(B(O)O)ccn1. The number of amides is 1. The highest BCUT2D eigenvalue weighted by atomic mass is 16.5. The molecule has 1 aromatic carbocycles. The maximum atomic E-state index is 12.0. The number of alkyl carbamates (subject to hydrolysis) is 1. The highest BCUT2D eigenvalue weighted by Crippen LogP contribution is 2.14. The van der Waals surface area contributed by atoms with Crippen LogP contribution in [-0.4, -0.2) is 28.2 Å². The van der Waals surface area contributed by atoms with Gasteiger partial charge in [0.2, 0.25) is 0 Å². The number of nitrogens with one attached hydrogen (secondary N) is 1. The molecule has 0 aliphatic heterocycles. The van der Waals surface area contributed by atoms with Crippen molar-refractivity contribution in [2.24, 2.45) is 0 Å². The standard InChI is InChI=1S/C17H19BN2O4/c1-2-6-15(16-11-14(18(22)23)9-10-19-16)20-17(21)24-12-13-7-4-3-5-8-13/h2-5,7-11,15,22-23H,1,6,12H2,(H,20,21)/t15-/m0/s1. The first-order valence-electron chi connectivity index (χ1n) is 7.50. The summed E-state index contributed by atoms with van der Waals surface area (Å²) in [4.78, 5) is 16.2. The van der Waals surface area contributed by atoms with Crippen LogP contribution in [0.3, 0.4) is 0 Å². The first-order valence-corrected chi connectivity index (χ1v) is 7.50. The van der Waals surface area contributed by atoms with Crippen LogP contribution in [0.4, 0.5) is 4.79 Å². The number of benzene rings is 1. The molecule has 0 fully saturated rings. The van der Waals surface area contributed by atoms with Crippen molar-refractivity contribution in [3.8, 4) is 0 Å². The molecule has 0 radical (unpaired) electrons. The Morgan fingerprint density at radius 2 is 2.08 bits per heavy atom. The van der Waals surface area contributed by atoms with Crippen LogP contribution in [-0.2, 0) is 11.3 Å². The molecule has 0 bridgehead atoms. The van der Waals surface area contributed by atoms with Crippen molar-refractivity contribution in [3.63, 3.8) is 0 Å². The minimum absolute atomic E-state index is 0.163. The molecule has 2 rings (SSSR count). The molecule has 2 aromatic rings. The zero-order valence-electron chi connectivity index (χ0n) is 13.1. The quantitative estimate of drug-likeness (QED) is 0.527. The Labute approximate surface area is 141 Å². The van der Waals surface area contributed by atoms with E-state index in [1.165, 1.54) is 18.3 Å². The van der Waals surface area contributed by atoms with Gasteiger partial charge in [-0.25, -0.2) is 4.79 Å². The molecular weight excluding hydrogens is 307 g/mol. The van der Waals surface area contributed by atoms with Crippen LogP contribution in [0.2, 0.25) is 0 Å². The molecule has 7 heteroatoms. The fourth-order valence-corrected chi connectivity index (χ4v) is 2.14. The molecule has 1 atom stereocenters. The van der Waals surface area contributed by atoms with Crippen molar-refractivity contribution in [2.75, 3.05) is 0 Å². The van der Waals surface area contributed by atoms with Gasteiger partial charge in [0.1, 0.15) is 6.61 Å². The average molecular weight is 326 g/mol. The van der Waals surface area contributed by atoms with E-state index >= 15 is 0 Å². The highest BCUT2D eigenvalue weighted by molar-refractivity contribution is 6.58.